The number of amides is 1. The lowest BCUT2D eigenvalue weighted by atomic mass is 9.68. The summed E-state index contributed by atoms with van der Waals surface area (Å²) >= 11 is 0. The number of carbonyl (C=O) groups is 1. The smallest absolute Gasteiger partial charge is 0.224 e. The minimum Gasteiger partial charge on any atom is -0.343 e. The van der Waals surface area contributed by atoms with Crippen LogP contribution in [0.1, 0.15) is 58.3 Å². The van der Waals surface area contributed by atoms with Crippen molar-refractivity contribution in [1.29, 1.82) is 0 Å². The van der Waals surface area contributed by atoms with Crippen molar-refractivity contribution in [1.82, 2.24) is 4.90 Å². The van der Waals surface area contributed by atoms with Crippen molar-refractivity contribution in [2.75, 3.05) is 13.1 Å². The SMILES string of the molecule is CC(N)CC(=O)N1CCC2(CCCCC2)CC1. The molecule has 2 N–H and O–H groups in total. The summed E-state index contributed by atoms with van der Waals surface area (Å²) < 4.78 is 0. The van der Waals surface area contributed by atoms with Gasteiger partial charge in [-0.15, -0.1) is 0 Å². The number of carbonyl (C=O) groups excluding carboxylic acids is 1. The van der Waals surface area contributed by atoms with Crippen molar-refractivity contribution in [3.8, 4) is 0 Å². The third-order valence-electron chi connectivity index (χ3n) is 4.59. The lowest BCUT2D eigenvalue weighted by molar-refractivity contribution is -0.134. The fraction of sp³-hybridized carbons (Fsp3) is 0.929. The molecule has 0 aromatic rings. The number of hydrogen-bond donors (Lipinski definition) is 1. The fourth-order valence-corrected chi connectivity index (χ4v) is 3.44. The van der Waals surface area contributed by atoms with Crippen LogP contribution in [0.15, 0.2) is 0 Å². The van der Waals surface area contributed by atoms with Gasteiger partial charge in [0.25, 0.3) is 0 Å². The van der Waals surface area contributed by atoms with Crippen LogP contribution in [-0.2, 0) is 4.79 Å². The molecule has 1 amide bonds. The predicted octanol–water partition coefficient (Wildman–Crippen LogP) is 2.30. The van der Waals surface area contributed by atoms with E-state index in [9.17, 15) is 4.79 Å². The highest BCUT2D eigenvalue weighted by molar-refractivity contribution is 5.76. The summed E-state index contributed by atoms with van der Waals surface area (Å²) in [6.45, 7) is 3.83. The van der Waals surface area contributed by atoms with Gasteiger partial charge in [0.05, 0.1) is 0 Å². The Labute approximate surface area is 105 Å². The van der Waals surface area contributed by atoms with Gasteiger partial charge in [-0.2, -0.15) is 0 Å². The monoisotopic (exact) mass is 238 g/mol. The summed E-state index contributed by atoms with van der Waals surface area (Å²) in [7, 11) is 0. The van der Waals surface area contributed by atoms with E-state index >= 15 is 0 Å². The first kappa shape index (κ1) is 12.9. The van der Waals surface area contributed by atoms with Gasteiger partial charge in [0.2, 0.25) is 5.91 Å². The van der Waals surface area contributed by atoms with Crippen LogP contribution in [0.25, 0.3) is 0 Å². The van der Waals surface area contributed by atoms with Gasteiger partial charge in [-0.3, -0.25) is 4.79 Å². The van der Waals surface area contributed by atoms with E-state index in [1.165, 1.54) is 44.9 Å². The van der Waals surface area contributed by atoms with E-state index in [1.807, 2.05) is 11.8 Å². The maximum Gasteiger partial charge on any atom is 0.224 e. The molecule has 3 nitrogen and oxygen atoms in total. The Kier molecular flexibility index (Phi) is 4.08. The van der Waals surface area contributed by atoms with Gasteiger partial charge in [-0.1, -0.05) is 19.3 Å². The lowest BCUT2D eigenvalue weighted by Crippen LogP contribution is -2.45. The second kappa shape index (κ2) is 5.38. The first-order valence-corrected chi connectivity index (χ1v) is 7.15. The number of rotatable bonds is 2. The summed E-state index contributed by atoms with van der Waals surface area (Å²) in [5.74, 6) is 0.255. The van der Waals surface area contributed by atoms with E-state index in [4.69, 9.17) is 5.73 Å². The molecule has 0 bridgehead atoms. The van der Waals surface area contributed by atoms with E-state index in [2.05, 4.69) is 0 Å². The van der Waals surface area contributed by atoms with Crippen molar-refractivity contribution in [3.63, 3.8) is 0 Å². The molecule has 1 saturated heterocycles. The van der Waals surface area contributed by atoms with E-state index < -0.39 is 0 Å². The van der Waals surface area contributed by atoms with Gasteiger partial charge < -0.3 is 10.6 Å². The highest BCUT2D eigenvalue weighted by Gasteiger charge is 2.36. The average Bonchev–Trinajstić information content (AvgIpc) is 2.30. The van der Waals surface area contributed by atoms with Crippen molar-refractivity contribution in [3.05, 3.63) is 0 Å². The van der Waals surface area contributed by atoms with Crippen LogP contribution >= 0.6 is 0 Å². The number of hydrogen-bond acceptors (Lipinski definition) is 2. The molecule has 1 aliphatic heterocycles. The molecule has 1 atom stereocenters. The number of likely N-dealkylation sites (tertiary alicyclic amines) is 1. The van der Waals surface area contributed by atoms with Crippen molar-refractivity contribution in [2.24, 2.45) is 11.1 Å². The molecule has 2 fully saturated rings. The maximum atomic E-state index is 11.9. The molecule has 1 aliphatic carbocycles. The van der Waals surface area contributed by atoms with Crippen LogP contribution in [0, 0.1) is 5.41 Å². The molecule has 0 aromatic heterocycles. The van der Waals surface area contributed by atoms with Gasteiger partial charge in [0.1, 0.15) is 0 Å². The summed E-state index contributed by atoms with van der Waals surface area (Å²) in [4.78, 5) is 14.0. The van der Waals surface area contributed by atoms with E-state index in [0.29, 0.717) is 11.8 Å². The van der Waals surface area contributed by atoms with E-state index in [1.54, 1.807) is 0 Å². The number of nitrogens with zero attached hydrogens (tertiary/aromatic N) is 1. The predicted molar refractivity (Wildman–Crippen MR) is 69.6 cm³/mol. The standard InChI is InChI=1S/C14H26N2O/c1-12(15)11-13(17)16-9-7-14(8-10-16)5-3-2-4-6-14/h12H,2-11,15H2,1H3. The first-order valence-electron chi connectivity index (χ1n) is 7.15. The molecular weight excluding hydrogens is 212 g/mol. The zero-order valence-corrected chi connectivity index (χ0v) is 11.1. The number of piperidine rings is 1. The Morgan fingerprint density at radius 3 is 2.29 bits per heavy atom. The molecule has 17 heavy (non-hydrogen) atoms. The summed E-state index contributed by atoms with van der Waals surface area (Å²) in [5.41, 5.74) is 6.28. The minimum atomic E-state index is -0.00642. The van der Waals surface area contributed by atoms with Crippen LogP contribution in [-0.4, -0.2) is 29.9 Å². The molecule has 1 spiro atoms. The largest absolute Gasteiger partial charge is 0.343 e. The van der Waals surface area contributed by atoms with Gasteiger partial charge in [-0.05, 0) is 38.0 Å². The Balaban J connectivity index is 1.82. The molecule has 1 heterocycles. The average molecular weight is 238 g/mol. The Bertz CT molecular complexity index is 259. The lowest BCUT2D eigenvalue weighted by Gasteiger charge is -2.44. The topological polar surface area (TPSA) is 46.3 Å². The third-order valence-corrected chi connectivity index (χ3v) is 4.59. The third kappa shape index (κ3) is 3.21. The Morgan fingerprint density at radius 2 is 1.76 bits per heavy atom. The van der Waals surface area contributed by atoms with Gasteiger partial charge in [-0.25, -0.2) is 0 Å². The van der Waals surface area contributed by atoms with Crippen LogP contribution < -0.4 is 5.73 Å². The maximum absolute atomic E-state index is 11.9. The molecule has 3 heteroatoms. The van der Waals surface area contributed by atoms with Crippen LogP contribution in [0.3, 0.4) is 0 Å². The van der Waals surface area contributed by atoms with Crippen LogP contribution in [0.5, 0.6) is 0 Å². The van der Waals surface area contributed by atoms with Crippen molar-refractivity contribution < 1.29 is 4.79 Å². The molecular formula is C14H26N2O. The molecule has 1 saturated carbocycles. The summed E-state index contributed by atoms with van der Waals surface area (Å²) in [6.07, 6.45) is 9.93. The van der Waals surface area contributed by atoms with Crippen LogP contribution in [0.4, 0.5) is 0 Å². The van der Waals surface area contributed by atoms with Gasteiger partial charge >= 0.3 is 0 Å². The highest BCUT2D eigenvalue weighted by Crippen LogP contribution is 2.44. The molecule has 0 aromatic carbocycles. The van der Waals surface area contributed by atoms with Gasteiger partial charge in [0, 0.05) is 25.6 Å². The Hall–Kier alpha value is -0.570. The summed E-state index contributed by atoms with van der Waals surface area (Å²) in [6, 6.07) is -0.00642. The quantitative estimate of drug-likeness (QED) is 0.802. The van der Waals surface area contributed by atoms with Crippen molar-refractivity contribution >= 4 is 5.91 Å². The highest BCUT2D eigenvalue weighted by atomic mass is 16.2. The van der Waals surface area contributed by atoms with Crippen LogP contribution in [0.2, 0.25) is 0 Å². The zero-order chi connectivity index (χ0) is 12.3. The van der Waals surface area contributed by atoms with E-state index in [0.717, 1.165) is 13.1 Å². The minimum absolute atomic E-state index is 0.00642. The molecule has 2 rings (SSSR count). The molecule has 1 unspecified atom stereocenters. The zero-order valence-electron chi connectivity index (χ0n) is 11.1. The summed E-state index contributed by atoms with van der Waals surface area (Å²) in [5, 5.41) is 0. The number of nitrogens with two attached hydrogens (primary N) is 1. The Morgan fingerprint density at radius 1 is 1.18 bits per heavy atom. The normalized spacial score (nSPS) is 25.9. The molecule has 0 radical (unpaired) electrons. The molecule has 2 aliphatic rings. The first-order chi connectivity index (χ1) is 8.11. The van der Waals surface area contributed by atoms with Crippen molar-refractivity contribution in [2.45, 2.75) is 64.3 Å². The molecule has 98 valence electrons. The van der Waals surface area contributed by atoms with E-state index in [-0.39, 0.29) is 11.9 Å². The van der Waals surface area contributed by atoms with Gasteiger partial charge in [0.15, 0.2) is 0 Å². The second-order valence-electron chi connectivity index (χ2n) is 6.12. The fourth-order valence-electron chi connectivity index (χ4n) is 3.44. The second-order valence-corrected chi connectivity index (χ2v) is 6.12.